The summed E-state index contributed by atoms with van der Waals surface area (Å²) in [6, 6.07) is 11.0. The van der Waals surface area contributed by atoms with E-state index in [0.717, 1.165) is 32.5 Å². The van der Waals surface area contributed by atoms with Gasteiger partial charge in [0.25, 0.3) is 0 Å². The second-order valence-corrected chi connectivity index (χ2v) is 8.61. The first-order valence-electron chi connectivity index (χ1n) is 11.0. The number of carbonyl (C=O) groups is 1. The van der Waals surface area contributed by atoms with E-state index in [-0.39, 0.29) is 12.5 Å². The van der Waals surface area contributed by atoms with E-state index >= 15 is 0 Å². The molecule has 0 spiro atoms. The molecule has 164 valence electrons. The van der Waals surface area contributed by atoms with Gasteiger partial charge in [0.15, 0.2) is 5.82 Å². The van der Waals surface area contributed by atoms with Crippen LogP contribution in [0, 0.1) is 5.92 Å². The number of aromatic nitrogens is 4. The third kappa shape index (κ3) is 6.88. The van der Waals surface area contributed by atoms with Crippen molar-refractivity contribution in [1.29, 1.82) is 0 Å². The highest BCUT2D eigenvalue weighted by Crippen LogP contribution is 2.16. The molecule has 1 aromatic heterocycles. The van der Waals surface area contributed by atoms with E-state index in [9.17, 15) is 4.79 Å². The summed E-state index contributed by atoms with van der Waals surface area (Å²) < 4.78 is 1.60. The maximum atomic E-state index is 12.5. The van der Waals surface area contributed by atoms with E-state index in [1.165, 1.54) is 12.0 Å². The fraction of sp³-hybridized carbons (Fsp3) is 0.636. The number of rotatable bonds is 10. The lowest BCUT2D eigenvalue weighted by atomic mass is 9.97. The Morgan fingerprint density at radius 1 is 1.30 bits per heavy atom. The Morgan fingerprint density at radius 2 is 2.10 bits per heavy atom. The summed E-state index contributed by atoms with van der Waals surface area (Å²) in [4.78, 5) is 17.1. The standard InChI is InChI=1S/C22H35N7O/c1-18(2)27(3)16-21-24-25-26-29(21)17-22(30)23-14-20-10-7-12-28(15-20)13-11-19-8-5-4-6-9-19/h4-6,8-9,18,20H,7,10-17H2,1-3H3,(H,23,30)/t20-/m0/s1. The van der Waals surface area contributed by atoms with Crippen LogP contribution in [0.3, 0.4) is 0 Å². The van der Waals surface area contributed by atoms with Crippen LogP contribution in [0.1, 0.15) is 38.1 Å². The van der Waals surface area contributed by atoms with E-state index in [4.69, 9.17) is 0 Å². The monoisotopic (exact) mass is 413 g/mol. The molecule has 1 aromatic carbocycles. The summed E-state index contributed by atoms with van der Waals surface area (Å²) in [6.45, 7) is 9.00. The lowest BCUT2D eigenvalue weighted by molar-refractivity contribution is -0.122. The van der Waals surface area contributed by atoms with Gasteiger partial charge in [-0.05, 0) is 68.6 Å². The highest BCUT2D eigenvalue weighted by molar-refractivity contribution is 5.75. The van der Waals surface area contributed by atoms with Crippen molar-refractivity contribution >= 4 is 5.91 Å². The highest BCUT2D eigenvalue weighted by Gasteiger charge is 2.21. The van der Waals surface area contributed by atoms with Gasteiger partial charge in [0.05, 0.1) is 6.54 Å². The molecule has 8 nitrogen and oxygen atoms in total. The molecule has 1 N–H and O–H groups in total. The van der Waals surface area contributed by atoms with Gasteiger partial charge in [0, 0.05) is 25.7 Å². The number of hydrogen-bond acceptors (Lipinski definition) is 6. The van der Waals surface area contributed by atoms with Crippen LogP contribution in [0.2, 0.25) is 0 Å². The molecule has 1 amide bonds. The van der Waals surface area contributed by atoms with E-state index in [1.807, 2.05) is 7.05 Å². The first-order chi connectivity index (χ1) is 14.5. The summed E-state index contributed by atoms with van der Waals surface area (Å²) >= 11 is 0. The SMILES string of the molecule is CC(C)N(C)Cc1nnnn1CC(=O)NC[C@@H]1CCCN(CCc2ccccc2)C1. The zero-order valence-electron chi connectivity index (χ0n) is 18.5. The number of tetrazole rings is 1. The number of nitrogens with zero attached hydrogens (tertiary/aromatic N) is 6. The minimum atomic E-state index is -0.0304. The molecule has 1 aliphatic rings. The first kappa shape index (κ1) is 22.4. The molecular formula is C22H35N7O. The maximum absolute atomic E-state index is 12.5. The molecule has 1 aliphatic heterocycles. The van der Waals surface area contributed by atoms with Crippen molar-refractivity contribution in [3.63, 3.8) is 0 Å². The zero-order chi connectivity index (χ0) is 21.3. The van der Waals surface area contributed by atoms with Gasteiger partial charge < -0.3 is 10.2 Å². The van der Waals surface area contributed by atoms with E-state index in [0.29, 0.717) is 30.9 Å². The molecule has 0 unspecified atom stereocenters. The Kier molecular flexibility index (Phi) is 8.33. The number of likely N-dealkylation sites (tertiary alicyclic amines) is 1. The number of carbonyl (C=O) groups excluding carboxylic acids is 1. The fourth-order valence-corrected chi connectivity index (χ4v) is 3.77. The van der Waals surface area contributed by atoms with E-state index in [1.54, 1.807) is 4.68 Å². The topological polar surface area (TPSA) is 79.2 Å². The van der Waals surface area contributed by atoms with Crippen LogP contribution in [0.25, 0.3) is 0 Å². The smallest absolute Gasteiger partial charge is 0.241 e. The third-order valence-electron chi connectivity index (χ3n) is 5.92. The summed E-state index contributed by atoms with van der Waals surface area (Å²) in [5, 5.41) is 14.9. The molecule has 0 aliphatic carbocycles. The third-order valence-corrected chi connectivity index (χ3v) is 5.92. The van der Waals surface area contributed by atoms with Gasteiger partial charge in [-0.25, -0.2) is 4.68 Å². The summed E-state index contributed by atoms with van der Waals surface area (Å²) in [7, 11) is 2.02. The average Bonchev–Trinajstić information content (AvgIpc) is 3.18. The van der Waals surface area contributed by atoms with Crippen LogP contribution < -0.4 is 5.32 Å². The zero-order valence-corrected chi connectivity index (χ0v) is 18.5. The van der Waals surface area contributed by atoms with Gasteiger partial charge in [0.2, 0.25) is 5.91 Å². The summed E-state index contributed by atoms with van der Waals surface area (Å²) in [5.41, 5.74) is 1.38. The van der Waals surface area contributed by atoms with Crippen LogP contribution in [-0.2, 0) is 24.3 Å². The predicted octanol–water partition coefficient (Wildman–Crippen LogP) is 1.58. The minimum Gasteiger partial charge on any atom is -0.354 e. The van der Waals surface area contributed by atoms with Crippen molar-refractivity contribution < 1.29 is 4.79 Å². The molecule has 2 heterocycles. The molecule has 1 saturated heterocycles. The van der Waals surface area contributed by atoms with Gasteiger partial charge in [-0.1, -0.05) is 30.3 Å². The molecule has 30 heavy (non-hydrogen) atoms. The molecule has 1 atom stereocenters. The lowest BCUT2D eigenvalue weighted by Crippen LogP contribution is -2.42. The van der Waals surface area contributed by atoms with Crippen molar-refractivity contribution in [1.82, 2.24) is 35.3 Å². The molecule has 8 heteroatoms. The first-order valence-corrected chi connectivity index (χ1v) is 11.0. The average molecular weight is 414 g/mol. The molecule has 0 saturated carbocycles. The maximum Gasteiger partial charge on any atom is 0.241 e. The molecule has 0 bridgehead atoms. The Labute approximate surface area is 179 Å². The number of amides is 1. The quantitative estimate of drug-likeness (QED) is 0.637. The number of hydrogen-bond donors (Lipinski definition) is 1. The molecule has 0 radical (unpaired) electrons. The van der Waals surface area contributed by atoms with Crippen molar-refractivity contribution in [2.75, 3.05) is 33.2 Å². The summed E-state index contributed by atoms with van der Waals surface area (Å²) in [5.74, 6) is 1.18. The predicted molar refractivity (Wildman–Crippen MR) is 117 cm³/mol. The van der Waals surface area contributed by atoms with Crippen LogP contribution >= 0.6 is 0 Å². The second kappa shape index (κ2) is 11.2. The van der Waals surface area contributed by atoms with Gasteiger partial charge in [-0.15, -0.1) is 5.10 Å². The van der Waals surface area contributed by atoms with Crippen molar-refractivity contribution in [2.45, 2.75) is 52.2 Å². The van der Waals surface area contributed by atoms with Gasteiger partial charge >= 0.3 is 0 Å². The Bertz CT molecular complexity index is 777. The minimum absolute atomic E-state index is 0.0304. The lowest BCUT2D eigenvalue weighted by Gasteiger charge is -2.32. The fourth-order valence-electron chi connectivity index (χ4n) is 3.77. The van der Waals surface area contributed by atoms with Gasteiger partial charge in [-0.2, -0.15) is 0 Å². The van der Waals surface area contributed by atoms with Gasteiger partial charge in [0.1, 0.15) is 6.54 Å². The normalized spacial score (nSPS) is 17.6. The Hall–Kier alpha value is -2.32. The van der Waals surface area contributed by atoms with Crippen molar-refractivity contribution in [2.24, 2.45) is 5.92 Å². The van der Waals surface area contributed by atoms with Crippen LogP contribution in [0.15, 0.2) is 30.3 Å². The van der Waals surface area contributed by atoms with Crippen LogP contribution in [0.5, 0.6) is 0 Å². The largest absolute Gasteiger partial charge is 0.354 e. The van der Waals surface area contributed by atoms with Crippen molar-refractivity contribution in [3.8, 4) is 0 Å². The van der Waals surface area contributed by atoms with Crippen molar-refractivity contribution in [3.05, 3.63) is 41.7 Å². The van der Waals surface area contributed by atoms with Gasteiger partial charge in [-0.3, -0.25) is 9.69 Å². The van der Waals surface area contributed by atoms with Crippen LogP contribution in [0.4, 0.5) is 0 Å². The Morgan fingerprint density at radius 3 is 2.87 bits per heavy atom. The van der Waals surface area contributed by atoms with E-state index < -0.39 is 0 Å². The van der Waals surface area contributed by atoms with E-state index in [2.05, 4.69) is 74.8 Å². The second-order valence-electron chi connectivity index (χ2n) is 8.61. The Balaban J connectivity index is 1.41. The number of piperidine rings is 1. The van der Waals surface area contributed by atoms with Crippen LogP contribution in [-0.4, -0.2) is 75.2 Å². The summed E-state index contributed by atoms with van der Waals surface area (Å²) in [6.07, 6.45) is 3.43. The molecule has 3 rings (SSSR count). The molecular weight excluding hydrogens is 378 g/mol. The molecule has 2 aromatic rings. The molecule has 1 fully saturated rings. The number of benzene rings is 1. The highest BCUT2D eigenvalue weighted by atomic mass is 16.2. The number of nitrogens with one attached hydrogen (secondary N) is 1.